The number of hydrogen-bond acceptors (Lipinski definition) is 5. The molecule has 24 heavy (non-hydrogen) atoms. The van der Waals surface area contributed by atoms with Crippen LogP contribution in [0.3, 0.4) is 0 Å². The van der Waals surface area contributed by atoms with E-state index in [1.54, 1.807) is 18.2 Å². The molecular formula is C16H15ClN2O5. The highest BCUT2D eigenvalue weighted by Gasteiger charge is 2.20. The molecule has 0 aliphatic rings. The van der Waals surface area contributed by atoms with Crippen molar-refractivity contribution >= 4 is 23.2 Å². The van der Waals surface area contributed by atoms with Gasteiger partial charge in [-0.25, -0.2) is 0 Å². The van der Waals surface area contributed by atoms with Gasteiger partial charge in [-0.05, 0) is 29.8 Å². The SMILES string of the molecule is COc1ccc(CNC(=O)c2ccc(Cl)cc2[N+](=O)[O-])cc1OC. The minimum absolute atomic E-state index is 0.0510. The number of nitro benzene ring substituents is 1. The van der Waals surface area contributed by atoms with Crippen molar-refractivity contribution in [1.29, 1.82) is 0 Å². The first-order valence-corrected chi connectivity index (χ1v) is 7.27. The third kappa shape index (κ3) is 3.94. The van der Waals surface area contributed by atoms with E-state index in [9.17, 15) is 14.9 Å². The first kappa shape index (κ1) is 17.6. The Morgan fingerprint density at radius 2 is 1.88 bits per heavy atom. The molecule has 0 aliphatic carbocycles. The average molecular weight is 351 g/mol. The highest BCUT2D eigenvalue weighted by molar-refractivity contribution is 6.31. The second kappa shape index (κ2) is 7.65. The first-order chi connectivity index (χ1) is 11.5. The van der Waals surface area contributed by atoms with E-state index >= 15 is 0 Å². The molecule has 0 spiro atoms. The molecule has 1 N–H and O–H groups in total. The number of hydrogen-bond donors (Lipinski definition) is 1. The molecule has 1 amide bonds. The molecule has 0 atom stereocenters. The Hall–Kier alpha value is -2.80. The monoisotopic (exact) mass is 350 g/mol. The van der Waals surface area contributed by atoms with Gasteiger partial charge in [0.2, 0.25) is 0 Å². The van der Waals surface area contributed by atoms with Crippen LogP contribution in [-0.4, -0.2) is 25.1 Å². The van der Waals surface area contributed by atoms with Crippen molar-refractivity contribution in [2.24, 2.45) is 0 Å². The largest absolute Gasteiger partial charge is 0.493 e. The fourth-order valence-electron chi connectivity index (χ4n) is 2.12. The topological polar surface area (TPSA) is 90.7 Å². The Morgan fingerprint density at radius 1 is 1.17 bits per heavy atom. The summed E-state index contributed by atoms with van der Waals surface area (Å²) >= 11 is 5.74. The number of nitrogens with one attached hydrogen (secondary N) is 1. The molecule has 2 aromatic rings. The number of methoxy groups -OCH3 is 2. The Kier molecular flexibility index (Phi) is 5.59. The molecule has 0 saturated heterocycles. The van der Waals surface area contributed by atoms with Gasteiger partial charge in [-0.2, -0.15) is 0 Å². The Morgan fingerprint density at radius 3 is 2.50 bits per heavy atom. The number of ether oxygens (including phenoxy) is 2. The van der Waals surface area contributed by atoms with Gasteiger partial charge >= 0.3 is 0 Å². The molecule has 8 heteroatoms. The standard InChI is InChI=1S/C16H15ClN2O5/c1-23-14-6-3-10(7-15(14)24-2)9-18-16(20)12-5-4-11(17)8-13(12)19(21)22/h3-8H,9H2,1-2H3,(H,18,20). The smallest absolute Gasteiger partial charge is 0.283 e. The van der Waals surface area contributed by atoms with Gasteiger partial charge in [0, 0.05) is 17.6 Å². The molecule has 0 unspecified atom stereocenters. The van der Waals surface area contributed by atoms with Gasteiger partial charge in [0.05, 0.1) is 19.1 Å². The molecule has 0 fully saturated rings. The van der Waals surface area contributed by atoms with Crippen LogP contribution in [0.25, 0.3) is 0 Å². The average Bonchev–Trinajstić information content (AvgIpc) is 2.59. The van der Waals surface area contributed by atoms with Crippen molar-refractivity contribution in [2.45, 2.75) is 6.54 Å². The lowest BCUT2D eigenvalue weighted by Gasteiger charge is -2.10. The lowest BCUT2D eigenvalue weighted by molar-refractivity contribution is -0.385. The first-order valence-electron chi connectivity index (χ1n) is 6.89. The summed E-state index contributed by atoms with van der Waals surface area (Å²) in [5.41, 5.74) is 0.370. The molecule has 0 aromatic heterocycles. The molecule has 0 heterocycles. The van der Waals surface area contributed by atoms with Crippen LogP contribution in [0.15, 0.2) is 36.4 Å². The molecule has 0 bridgehead atoms. The van der Waals surface area contributed by atoms with E-state index in [1.807, 2.05) is 0 Å². The van der Waals surface area contributed by atoms with Crippen LogP contribution in [0.1, 0.15) is 15.9 Å². The maximum Gasteiger partial charge on any atom is 0.283 e. The minimum Gasteiger partial charge on any atom is -0.493 e. The summed E-state index contributed by atoms with van der Waals surface area (Å²) < 4.78 is 10.3. The quantitative estimate of drug-likeness (QED) is 0.638. The van der Waals surface area contributed by atoms with Crippen molar-refractivity contribution in [3.8, 4) is 11.5 Å². The predicted molar refractivity (Wildman–Crippen MR) is 88.8 cm³/mol. The molecule has 2 aromatic carbocycles. The van der Waals surface area contributed by atoms with E-state index in [-0.39, 0.29) is 22.8 Å². The second-order valence-corrected chi connectivity index (χ2v) is 5.23. The Balaban J connectivity index is 2.15. The molecule has 0 aliphatic heterocycles. The summed E-state index contributed by atoms with van der Waals surface area (Å²) in [6.07, 6.45) is 0. The van der Waals surface area contributed by atoms with Crippen LogP contribution in [0.2, 0.25) is 5.02 Å². The molecular weight excluding hydrogens is 336 g/mol. The molecule has 0 radical (unpaired) electrons. The van der Waals surface area contributed by atoms with E-state index in [2.05, 4.69) is 5.32 Å². The predicted octanol–water partition coefficient (Wildman–Crippen LogP) is 3.20. The van der Waals surface area contributed by atoms with Crippen molar-refractivity contribution in [1.82, 2.24) is 5.32 Å². The number of nitro groups is 1. The van der Waals surface area contributed by atoms with Crippen LogP contribution in [0, 0.1) is 10.1 Å². The minimum atomic E-state index is -0.642. The number of rotatable bonds is 6. The third-order valence-electron chi connectivity index (χ3n) is 3.30. The van der Waals surface area contributed by atoms with E-state index in [0.29, 0.717) is 11.5 Å². The molecule has 0 saturated carbocycles. The van der Waals surface area contributed by atoms with Crippen molar-refractivity contribution in [2.75, 3.05) is 14.2 Å². The van der Waals surface area contributed by atoms with Gasteiger partial charge in [-0.3, -0.25) is 14.9 Å². The van der Waals surface area contributed by atoms with Crippen LogP contribution < -0.4 is 14.8 Å². The molecule has 7 nitrogen and oxygen atoms in total. The maximum atomic E-state index is 12.2. The number of carbonyl (C=O) groups excluding carboxylic acids is 1. The van der Waals surface area contributed by atoms with Gasteiger partial charge in [0.25, 0.3) is 11.6 Å². The van der Waals surface area contributed by atoms with E-state index in [0.717, 1.165) is 11.6 Å². The highest BCUT2D eigenvalue weighted by Crippen LogP contribution is 2.27. The summed E-state index contributed by atoms with van der Waals surface area (Å²) in [7, 11) is 3.04. The van der Waals surface area contributed by atoms with Crippen LogP contribution in [-0.2, 0) is 6.54 Å². The lowest BCUT2D eigenvalue weighted by atomic mass is 10.1. The highest BCUT2D eigenvalue weighted by atomic mass is 35.5. The van der Waals surface area contributed by atoms with E-state index < -0.39 is 10.8 Å². The fourth-order valence-corrected chi connectivity index (χ4v) is 2.28. The van der Waals surface area contributed by atoms with Crippen LogP contribution in [0.5, 0.6) is 11.5 Å². The van der Waals surface area contributed by atoms with Gasteiger partial charge in [0.15, 0.2) is 11.5 Å². The van der Waals surface area contributed by atoms with Crippen LogP contribution >= 0.6 is 11.6 Å². The summed E-state index contributed by atoms with van der Waals surface area (Å²) in [5.74, 6) is 0.538. The lowest BCUT2D eigenvalue weighted by Crippen LogP contribution is -2.23. The summed E-state index contributed by atoms with van der Waals surface area (Å²) in [4.78, 5) is 22.6. The number of benzene rings is 2. The van der Waals surface area contributed by atoms with E-state index in [1.165, 1.54) is 26.4 Å². The fraction of sp³-hybridized carbons (Fsp3) is 0.188. The maximum absolute atomic E-state index is 12.2. The summed E-state index contributed by atoms with van der Waals surface area (Å²) in [6, 6.07) is 9.09. The van der Waals surface area contributed by atoms with E-state index in [4.69, 9.17) is 21.1 Å². The zero-order valence-corrected chi connectivity index (χ0v) is 13.8. The van der Waals surface area contributed by atoms with Crippen molar-refractivity contribution < 1.29 is 19.2 Å². The van der Waals surface area contributed by atoms with Crippen molar-refractivity contribution in [3.63, 3.8) is 0 Å². The zero-order valence-electron chi connectivity index (χ0n) is 13.0. The zero-order chi connectivity index (χ0) is 17.7. The molecule has 126 valence electrons. The summed E-state index contributed by atoms with van der Waals surface area (Å²) in [5, 5.41) is 13.9. The number of carbonyl (C=O) groups is 1. The second-order valence-electron chi connectivity index (χ2n) is 4.79. The molecule has 2 rings (SSSR count). The number of amides is 1. The third-order valence-corrected chi connectivity index (χ3v) is 3.54. The van der Waals surface area contributed by atoms with Gasteiger partial charge < -0.3 is 14.8 Å². The van der Waals surface area contributed by atoms with Crippen molar-refractivity contribution in [3.05, 3.63) is 62.7 Å². The number of halogens is 1. The normalized spacial score (nSPS) is 10.1. The Labute approximate surface area is 143 Å². The van der Waals surface area contributed by atoms with Crippen LogP contribution in [0.4, 0.5) is 5.69 Å². The van der Waals surface area contributed by atoms with Gasteiger partial charge in [0.1, 0.15) is 5.56 Å². The van der Waals surface area contributed by atoms with Gasteiger partial charge in [-0.15, -0.1) is 0 Å². The summed E-state index contributed by atoms with van der Waals surface area (Å²) in [6.45, 7) is 0.180. The van der Waals surface area contributed by atoms with Gasteiger partial charge in [-0.1, -0.05) is 17.7 Å². The Bertz CT molecular complexity index is 779. The number of nitrogens with zero attached hydrogens (tertiary/aromatic N) is 1.